The maximum absolute atomic E-state index is 13.4. The summed E-state index contributed by atoms with van der Waals surface area (Å²) in [5.41, 5.74) is 0. The van der Waals surface area contributed by atoms with E-state index in [4.69, 9.17) is 0 Å². The Hall–Kier alpha value is -0.500. The first kappa shape index (κ1) is 14.9. The van der Waals surface area contributed by atoms with Gasteiger partial charge in [-0.2, -0.15) is 4.31 Å². The lowest BCUT2D eigenvalue weighted by Gasteiger charge is -2.17. The van der Waals surface area contributed by atoms with Gasteiger partial charge in [0.15, 0.2) is 0 Å². The number of hydrogen-bond acceptors (Lipinski definition) is 3. The molecule has 0 spiro atoms. The molecule has 0 aliphatic carbocycles. The summed E-state index contributed by atoms with van der Waals surface area (Å²) in [6.45, 7) is 2.29. The number of rotatable bonds is 3. The Morgan fingerprint density at radius 3 is 2.74 bits per heavy atom. The summed E-state index contributed by atoms with van der Waals surface area (Å²) in [6, 6.07) is 3.76. The normalized spacial score (nSPS) is 22.6. The molecule has 1 N–H and O–H groups in total. The van der Waals surface area contributed by atoms with Gasteiger partial charge in [0, 0.05) is 13.1 Å². The highest BCUT2D eigenvalue weighted by atomic mass is 79.9. The first-order valence-electron chi connectivity index (χ1n) is 5.95. The molecule has 1 aliphatic rings. The van der Waals surface area contributed by atoms with Gasteiger partial charge in [-0.25, -0.2) is 12.8 Å². The molecule has 1 aliphatic heterocycles. The average molecular weight is 352 g/mol. The molecule has 2 rings (SSSR count). The van der Waals surface area contributed by atoms with Gasteiger partial charge in [-0.1, -0.05) is 0 Å². The smallest absolute Gasteiger partial charge is 0.243 e. The van der Waals surface area contributed by atoms with E-state index in [0.29, 0.717) is 13.0 Å². The lowest BCUT2D eigenvalue weighted by Crippen LogP contribution is -2.30. The summed E-state index contributed by atoms with van der Waals surface area (Å²) in [5.74, 6) is -0.664. The number of halogens is 2. The molecule has 0 aromatic heterocycles. The van der Waals surface area contributed by atoms with Crippen molar-refractivity contribution in [1.82, 2.24) is 4.31 Å². The molecule has 19 heavy (non-hydrogen) atoms. The van der Waals surface area contributed by atoms with Crippen molar-refractivity contribution in [3.05, 3.63) is 28.5 Å². The van der Waals surface area contributed by atoms with E-state index in [1.54, 1.807) is 6.92 Å². The van der Waals surface area contributed by atoms with Crippen LogP contribution in [0.4, 0.5) is 4.39 Å². The molecule has 106 valence electrons. The van der Waals surface area contributed by atoms with Crippen LogP contribution in [0.25, 0.3) is 0 Å². The first-order chi connectivity index (χ1) is 8.82. The van der Waals surface area contributed by atoms with Crippen molar-refractivity contribution in [2.45, 2.75) is 24.3 Å². The monoisotopic (exact) mass is 351 g/mol. The summed E-state index contributed by atoms with van der Waals surface area (Å²) >= 11 is 2.99. The summed E-state index contributed by atoms with van der Waals surface area (Å²) in [5, 5.41) is 9.50. The van der Waals surface area contributed by atoms with E-state index in [9.17, 15) is 17.9 Å². The van der Waals surface area contributed by atoms with Gasteiger partial charge in [0.25, 0.3) is 0 Å². The first-order valence-corrected chi connectivity index (χ1v) is 8.19. The molecule has 4 nitrogen and oxygen atoms in total. The molecule has 2 atom stereocenters. The van der Waals surface area contributed by atoms with E-state index < -0.39 is 21.9 Å². The van der Waals surface area contributed by atoms with Crippen LogP contribution >= 0.6 is 15.9 Å². The Morgan fingerprint density at radius 1 is 1.53 bits per heavy atom. The molecule has 0 amide bonds. The van der Waals surface area contributed by atoms with Crippen molar-refractivity contribution in [1.29, 1.82) is 0 Å². The second-order valence-electron chi connectivity index (χ2n) is 4.73. The topological polar surface area (TPSA) is 57.6 Å². The van der Waals surface area contributed by atoms with E-state index in [1.165, 1.54) is 16.4 Å². The maximum atomic E-state index is 13.4. The molecule has 0 radical (unpaired) electrons. The van der Waals surface area contributed by atoms with Gasteiger partial charge in [-0.05, 0) is 53.4 Å². The van der Waals surface area contributed by atoms with Gasteiger partial charge in [0.05, 0.1) is 15.5 Å². The van der Waals surface area contributed by atoms with Crippen molar-refractivity contribution < 1.29 is 17.9 Å². The molecule has 1 saturated heterocycles. The molecule has 1 heterocycles. The average Bonchev–Trinajstić information content (AvgIpc) is 2.82. The highest BCUT2D eigenvalue weighted by molar-refractivity contribution is 9.10. The standard InChI is InChI=1S/C12H15BrFNO3S/c1-8(16)9-4-5-15(7-9)19(17,18)10-2-3-11(13)12(14)6-10/h2-3,6,8-9,16H,4-5,7H2,1H3. The third-order valence-corrected chi connectivity index (χ3v) is 5.90. The third kappa shape index (κ3) is 2.99. The predicted octanol–water partition coefficient (Wildman–Crippen LogP) is 1.98. The fourth-order valence-corrected chi connectivity index (χ4v) is 3.92. The van der Waals surface area contributed by atoms with Crippen LogP contribution in [0.15, 0.2) is 27.6 Å². The van der Waals surface area contributed by atoms with E-state index in [2.05, 4.69) is 15.9 Å². The largest absolute Gasteiger partial charge is 0.393 e. The van der Waals surface area contributed by atoms with Gasteiger partial charge in [-0.3, -0.25) is 0 Å². The SMILES string of the molecule is CC(O)C1CCN(S(=O)(=O)c2ccc(Br)c(F)c2)C1. The lowest BCUT2D eigenvalue weighted by molar-refractivity contribution is 0.133. The minimum Gasteiger partial charge on any atom is -0.393 e. The Balaban J connectivity index is 2.26. The summed E-state index contributed by atoms with van der Waals surface area (Å²) in [7, 11) is -3.68. The molecule has 7 heteroatoms. The van der Waals surface area contributed by atoms with Gasteiger partial charge in [-0.15, -0.1) is 0 Å². The van der Waals surface area contributed by atoms with Gasteiger partial charge in [0.2, 0.25) is 10.0 Å². The molecular weight excluding hydrogens is 337 g/mol. The Kier molecular flexibility index (Phi) is 4.29. The lowest BCUT2D eigenvalue weighted by atomic mass is 10.0. The van der Waals surface area contributed by atoms with Crippen LogP contribution in [0, 0.1) is 11.7 Å². The molecule has 1 aromatic rings. The molecule has 1 fully saturated rings. The number of aliphatic hydroxyl groups excluding tert-OH is 1. The predicted molar refractivity (Wildman–Crippen MR) is 72.6 cm³/mol. The number of aliphatic hydroxyl groups is 1. The number of hydrogen-bond donors (Lipinski definition) is 1. The molecule has 1 aromatic carbocycles. The molecule has 0 saturated carbocycles. The quantitative estimate of drug-likeness (QED) is 0.905. The summed E-state index contributed by atoms with van der Waals surface area (Å²) < 4.78 is 39.6. The summed E-state index contributed by atoms with van der Waals surface area (Å²) in [4.78, 5) is -0.0561. The highest BCUT2D eigenvalue weighted by Gasteiger charge is 2.34. The zero-order valence-corrected chi connectivity index (χ0v) is 12.8. The fourth-order valence-electron chi connectivity index (χ4n) is 2.15. The zero-order chi connectivity index (χ0) is 14.2. The van der Waals surface area contributed by atoms with Crippen molar-refractivity contribution in [2.75, 3.05) is 13.1 Å². The zero-order valence-electron chi connectivity index (χ0n) is 10.4. The second-order valence-corrected chi connectivity index (χ2v) is 7.52. The van der Waals surface area contributed by atoms with E-state index in [1.807, 2.05) is 0 Å². The second kappa shape index (κ2) is 5.47. The van der Waals surface area contributed by atoms with Crippen molar-refractivity contribution in [2.24, 2.45) is 5.92 Å². The Morgan fingerprint density at radius 2 is 2.21 bits per heavy atom. The summed E-state index contributed by atoms with van der Waals surface area (Å²) in [6.07, 6.45) is 0.0810. The van der Waals surface area contributed by atoms with Crippen molar-refractivity contribution in [3.63, 3.8) is 0 Å². The van der Waals surface area contributed by atoms with Crippen LogP contribution in [0.3, 0.4) is 0 Å². The highest BCUT2D eigenvalue weighted by Crippen LogP contribution is 2.27. The Bertz CT molecular complexity index is 576. The van der Waals surface area contributed by atoms with Gasteiger partial charge in [0.1, 0.15) is 5.82 Å². The van der Waals surface area contributed by atoms with Crippen LogP contribution in [0.1, 0.15) is 13.3 Å². The van der Waals surface area contributed by atoms with Crippen molar-refractivity contribution >= 4 is 26.0 Å². The Labute approximate surface area is 120 Å². The number of nitrogens with zero attached hydrogens (tertiary/aromatic N) is 1. The van der Waals surface area contributed by atoms with E-state index in [0.717, 1.165) is 6.07 Å². The minimum atomic E-state index is -3.68. The maximum Gasteiger partial charge on any atom is 0.243 e. The van der Waals surface area contributed by atoms with Crippen LogP contribution in [0.5, 0.6) is 0 Å². The van der Waals surface area contributed by atoms with Crippen molar-refractivity contribution in [3.8, 4) is 0 Å². The van der Waals surface area contributed by atoms with Crippen LogP contribution < -0.4 is 0 Å². The van der Waals surface area contributed by atoms with Crippen LogP contribution in [0.2, 0.25) is 0 Å². The van der Waals surface area contributed by atoms with E-state index >= 15 is 0 Å². The van der Waals surface area contributed by atoms with Gasteiger partial charge < -0.3 is 5.11 Å². The number of benzene rings is 1. The number of sulfonamides is 1. The minimum absolute atomic E-state index is 0.0561. The van der Waals surface area contributed by atoms with E-state index in [-0.39, 0.29) is 21.8 Å². The fraction of sp³-hybridized carbons (Fsp3) is 0.500. The molecule has 2 unspecified atom stereocenters. The third-order valence-electron chi connectivity index (χ3n) is 3.40. The molecule has 0 bridgehead atoms. The van der Waals surface area contributed by atoms with Crippen LogP contribution in [-0.2, 0) is 10.0 Å². The van der Waals surface area contributed by atoms with Gasteiger partial charge >= 0.3 is 0 Å². The van der Waals surface area contributed by atoms with Crippen LogP contribution in [-0.4, -0.2) is 37.0 Å². The molecular formula is C12H15BrFNO3S.